The van der Waals surface area contributed by atoms with Gasteiger partial charge in [0.25, 0.3) is 11.1 Å². The van der Waals surface area contributed by atoms with Crippen molar-refractivity contribution in [3.8, 4) is 5.69 Å². The molecule has 0 aliphatic heterocycles. The largest absolute Gasteiger partial charge is 0.324 e. The molecular formula is C22H20N4O3. The Morgan fingerprint density at radius 3 is 2.17 bits per heavy atom. The number of amides is 1. The third-order valence-electron chi connectivity index (χ3n) is 4.87. The monoisotopic (exact) mass is 388 g/mol. The van der Waals surface area contributed by atoms with Gasteiger partial charge in [0.2, 0.25) is 5.91 Å². The van der Waals surface area contributed by atoms with E-state index in [4.69, 9.17) is 0 Å². The van der Waals surface area contributed by atoms with Crippen molar-refractivity contribution in [1.82, 2.24) is 14.3 Å². The van der Waals surface area contributed by atoms with Gasteiger partial charge in [0.1, 0.15) is 6.54 Å². The predicted octanol–water partition coefficient (Wildman–Crippen LogP) is 2.74. The molecule has 0 saturated heterocycles. The van der Waals surface area contributed by atoms with E-state index >= 15 is 0 Å². The molecule has 4 rings (SSSR count). The molecule has 0 fully saturated rings. The predicted molar refractivity (Wildman–Crippen MR) is 113 cm³/mol. The molecule has 1 amide bonds. The smallest absolute Gasteiger partial charge is 0.273 e. The van der Waals surface area contributed by atoms with Crippen LogP contribution in [0.2, 0.25) is 0 Å². The summed E-state index contributed by atoms with van der Waals surface area (Å²) in [4.78, 5) is 37.1. The van der Waals surface area contributed by atoms with Crippen LogP contribution >= 0.6 is 0 Å². The fraction of sp³-hybridized carbons (Fsp3) is 0.136. The molecule has 146 valence electrons. The summed E-state index contributed by atoms with van der Waals surface area (Å²) in [5.74, 6) is -0.404. The molecule has 0 spiro atoms. The van der Waals surface area contributed by atoms with Gasteiger partial charge < -0.3 is 9.88 Å². The van der Waals surface area contributed by atoms with Gasteiger partial charge in [-0.05, 0) is 62.4 Å². The van der Waals surface area contributed by atoms with Gasteiger partial charge in [-0.3, -0.25) is 19.5 Å². The molecule has 0 saturated carbocycles. The average molecular weight is 388 g/mol. The van der Waals surface area contributed by atoms with Crippen LogP contribution in [0.3, 0.4) is 0 Å². The van der Waals surface area contributed by atoms with Crippen molar-refractivity contribution in [3.05, 3.63) is 92.8 Å². The van der Waals surface area contributed by atoms with Crippen LogP contribution in [0.5, 0.6) is 0 Å². The van der Waals surface area contributed by atoms with Crippen molar-refractivity contribution >= 4 is 22.4 Å². The van der Waals surface area contributed by atoms with Crippen molar-refractivity contribution in [2.75, 3.05) is 5.32 Å². The third-order valence-corrected chi connectivity index (χ3v) is 4.87. The highest BCUT2D eigenvalue weighted by Crippen LogP contribution is 2.18. The van der Waals surface area contributed by atoms with Crippen LogP contribution in [0, 0.1) is 13.8 Å². The van der Waals surface area contributed by atoms with Crippen LogP contribution in [0.1, 0.15) is 11.4 Å². The highest BCUT2D eigenvalue weighted by molar-refractivity contribution is 5.90. The number of aromatic nitrogens is 3. The first-order chi connectivity index (χ1) is 13.9. The van der Waals surface area contributed by atoms with Gasteiger partial charge in [-0.25, -0.2) is 4.68 Å². The van der Waals surface area contributed by atoms with Gasteiger partial charge in [0.05, 0.1) is 10.8 Å². The van der Waals surface area contributed by atoms with Crippen molar-refractivity contribution in [1.29, 1.82) is 0 Å². The lowest BCUT2D eigenvalue weighted by atomic mass is 10.2. The van der Waals surface area contributed by atoms with Crippen molar-refractivity contribution in [3.63, 3.8) is 0 Å². The Kier molecular flexibility index (Phi) is 4.64. The lowest BCUT2D eigenvalue weighted by Gasteiger charge is -2.11. The zero-order valence-electron chi connectivity index (χ0n) is 16.1. The van der Waals surface area contributed by atoms with Crippen LogP contribution in [0.15, 0.2) is 70.3 Å². The molecule has 2 aromatic carbocycles. The summed E-state index contributed by atoms with van der Waals surface area (Å²) in [5, 5.41) is 5.81. The minimum Gasteiger partial charge on any atom is -0.324 e. The van der Waals surface area contributed by atoms with Crippen molar-refractivity contribution in [2.45, 2.75) is 20.4 Å². The summed E-state index contributed by atoms with van der Waals surface area (Å²) in [6, 6.07) is 18.1. The number of nitrogens with one attached hydrogen (secondary N) is 2. The summed E-state index contributed by atoms with van der Waals surface area (Å²) in [6.45, 7) is 3.78. The maximum Gasteiger partial charge on any atom is 0.273 e. The summed E-state index contributed by atoms with van der Waals surface area (Å²) in [7, 11) is 0. The van der Waals surface area contributed by atoms with Crippen molar-refractivity contribution < 1.29 is 4.79 Å². The molecule has 0 radical (unpaired) electrons. The molecule has 7 heteroatoms. The number of nitrogens with zero attached hydrogens (tertiary/aromatic N) is 2. The molecule has 0 bridgehead atoms. The molecule has 2 aromatic heterocycles. The molecular weight excluding hydrogens is 368 g/mol. The zero-order chi connectivity index (χ0) is 20.5. The van der Waals surface area contributed by atoms with Crippen LogP contribution in [0.4, 0.5) is 5.69 Å². The number of anilines is 1. The second-order valence-corrected chi connectivity index (χ2v) is 6.92. The highest BCUT2D eigenvalue weighted by Gasteiger charge is 2.11. The molecule has 0 aliphatic rings. The first kappa shape index (κ1) is 18.5. The number of aryl methyl sites for hydroxylation is 2. The van der Waals surface area contributed by atoms with Gasteiger partial charge in [-0.1, -0.05) is 12.1 Å². The number of fused-ring (bicyclic) bond motifs is 1. The average Bonchev–Trinajstić information content (AvgIpc) is 3.05. The summed E-state index contributed by atoms with van der Waals surface area (Å²) >= 11 is 0. The zero-order valence-corrected chi connectivity index (χ0v) is 16.1. The minimum absolute atomic E-state index is 0.281. The Balaban J connectivity index is 1.54. The lowest BCUT2D eigenvalue weighted by Crippen LogP contribution is -2.34. The maximum atomic E-state index is 12.5. The fourth-order valence-electron chi connectivity index (χ4n) is 3.47. The van der Waals surface area contributed by atoms with Gasteiger partial charge in [0.15, 0.2) is 0 Å². The number of aromatic amines is 1. The summed E-state index contributed by atoms with van der Waals surface area (Å²) < 4.78 is 3.14. The maximum absolute atomic E-state index is 12.5. The van der Waals surface area contributed by atoms with E-state index in [1.165, 1.54) is 0 Å². The molecule has 2 N–H and O–H groups in total. The van der Waals surface area contributed by atoms with E-state index in [0.717, 1.165) is 21.8 Å². The second kappa shape index (κ2) is 7.27. The number of hydrogen-bond donors (Lipinski definition) is 2. The third kappa shape index (κ3) is 3.50. The molecule has 4 aromatic rings. The van der Waals surface area contributed by atoms with E-state index in [-0.39, 0.29) is 11.9 Å². The van der Waals surface area contributed by atoms with Crippen LogP contribution in [-0.2, 0) is 11.3 Å². The number of benzene rings is 2. The Morgan fingerprint density at radius 1 is 0.897 bits per heavy atom. The topological polar surface area (TPSA) is 88.9 Å². The SMILES string of the molecule is Cc1ccc(C)n1-c1ccc(NC(=O)Cn2[nH]c(=O)c3ccccc3c2=O)cc1. The summed E-state index contributed by atoms with van der Waals surface area (Å²) in [5.41, 5.74) is 3.03. The minimum atomic E-state index is -0.413. The lowest BCUT2D eigenvalue weighted by molar-refractivity contribution is -0.117. The Labute approximate surface area is 166 Å². The highest BCUT2D eigenvalue weighted by atomic mass is 16.2. The fourth-order valence-corrected chi connectivity index (χ4v) is 3.47. The quantitative estimate of drug-likeness (QED) is 0.563. The molecule has 0 unspecified atom stereocenters. The Bertz CT molecular complexity index is 1310. The van der Waals surface area contributed by atoms with Crippen LogP contribution in [-0.4, -0.2) is 20.3 Å². The van der Waals surface area contributed by atoms with Crippen LogP contribution < -0.4 is 16.4 Å². The van der Waals surface area contributed by atoms with Gasteiger partial charge in [-0.15, -0.1) is 0 Å². The molecule has 0 atom stereocenters. The molecule has 7 nitrogen and oxygen atoms in total. The standard InChI is InChI=1S/C22H20N4O3/c1-14-7-8-15(2)26(14)17-11-9-16(10-12-17)23-20(27)13-25-22(29)19-6-4-3-5-18(19)21(28)24-25/h3-12H,13H2,1-2H3,(H,23,27)(H,24,28). The van der Waals surface area contributed by atoms with E-state index in [9.17, 15) is 14.4 Å². The molecule has 2 heterocycles. The van der Waals surface area contributed by atoms with Crippen molar-refractivity contribution in [2.24, 2.45) is 0 Å². The van der Waals surface area contributed by atoms with Gasteiger partial charge in [-0.2, -0.15) is 0 Å². The Morgan fingerprint density at radius 2 is 1.52 bits per heavy atom. The summed E-state index contributed by atoms with van der Waals surface area (Å²) in [6.07, 6.45) is 0. The first-order valence-electron chi connectivity index (χ1n) is 9.21. The van der Waals surface area contributed by atoms with Crippen LogP contribution in [0.25, 0.3) is 16.5 Å². The normalized spacial score (nSPS) is 11.0. The molecule has 0 aliphatic carbocycles. The number of carbonyl (C=O) groups excluding carboxylic acids is 1. The van der Waals surface area contributed by atoms with E-state index in [0.29, 0.717) is 11.1 Å². The molecule has 29 heavy (non-hydrogen) atoms. The van der Waals surface area contributed by atoms with E-state index in [2.05, 4.69) is 15.0 Å². The van der Waals surface area contributed by atoms with E-state index < -0.39 is 17.0 Å². The number of rotatable bonds is 4. The number of hydrogen-bond acceptors (Lipinski definition) is 3. The van der Waals surface area contributed by atoms with Gasteiger partial charge >= 0.3 is 0 Å². The second-order valence-electron chi connectivity index (χ2n) is 6.92. The van der Waals surface area contributed by atoms with E-state index in [1.54, 1.807) is 36.4 Å². The van der Waals surface area contributed by atoms with E-state index in [1.807, 2.05) is 38.1 Å². The Hall–Kier alpha value is -3.87. The first-order valence-corrected chi connectivity index (χ1v) is 9.21. The van der Waals surface area contributed by atoms with Gasteiger partial charge in [0, 0.05) is 22.8 Å². The number of carbonyl (C=O) groups is 1. The number of H-pyrrole nitrogens is 1.